The van der Waals surface area contributed by atoms with Crippen molar-refractivity contribution in [2.24, 2.45) is 15.4 Å². The Labute approximate surface area is 166 Å². The van der Waals surface area contributed by atoms with Crippen molar-refractivity contribution in [1.29, 1.82) is 0 Å². The van der Waals surface area contributed by atoms with E-state index in [4.69, 9.17) is 0 Å². The number of hydrogen-bond acceptors (Lipinski definition) is 4. The van der Waals surface area contributed by atoms with Crippen LogP contribution in [0.5, 0.6) is 0 Å². The number of sulfonamides is 1. The maximum atomic E-state index is 13.2. The van der Waals surface area contributed by atoms with E-state index in [0.29, 0.717) is 24.4 Å². The Morgan fingerprint density at radius 3 is 2.57 bits per heavy atom. The summed E-state index contributed by atoms with van der Waals surface area (Å²) in [5.74, 6) is 0.558. The fourth-order valence-electron chi connectivity index (χ4n) is 3.24. The molecule has 2 aromatic carbocycles. The van der Waals surface area contributed by atoms with Gasteiger partial charge >= 0.3 is 0 Å². The molecule has 8 heteroatoms. The van der Waals surface area contributed by atoms with Crippen LogP contribution in [0.4, 0.5) is 5.69 Å². The van der Waals surface area contributed by atoms with Gasteiger partial charge in [-0.05, 0) is 25.5 Å². The average molecular weight is 402 g/mol. The molecule has 2 aromatic rings. The third-order valence-corrected chi connectivity index (χ3v) is 6.08. The monoisotopic (exact) mass is 401 g/mol. The molecule has 0 spiro atoms. The predicted molar refractivity (Wildman–Crippen MR) is 116 cm³/mol. The largest absolute Gasteiger partial charge is 0.377 e. The molecule has 1 atom stereocenters. The first-order chi connectivity index (χ1) is 13.4. The minimum absolute atomic E-state index is 0.194. The van der Waals surface area contributed by atoms with Gasteiger partial charge in [-0.2, -0.15) is 13.5 Å². The molecule has 1 aliphatic rings. The van der Waals surface area contributed by atoms with E-state index in [-0.39, 0.29) is 10.9 Å². The number of rotatable bonds is 5. The Kier molecular flexibility index (Phi) is 5.88. The zero-order valence-electron chi connectivity index (χ0n) is 16.8. The van der Waals surface area contributed by atoms with Crippen LogP contribution in [-0.2, 0) is 10.0 Å². The van der Waals surface area contributed by atoms with E-state index in [1.807, 2.05) is 56.4 Å². The Hall–Kier alpha value is -2.61. The molecule has 3 rings (SSSR count). The summed E-state index contributed by atoms with van der Waals surface area (Å²) in [7, 11) is -0.0462. The number of hydrazone groups is 1. The van der Waals surface area contributed by atoms with Crippen LogP contribution in [0.15, 0.2) is 50.8 Å². The van der Waals surface area contributed by atoms with Crippen LogP contribution in [-0.4, -0.2) is 52.8 Å². The predicted octanol–water partition coefficient (Wildman–Crippen LogP) is 2.89. The summed E-state index contributed by atoms with van der Waals surface area (Å²) in [6, 6.07) is 10.9. The van der Waals surface area contributed by atoms with Crippen LogP contribution in [0.25, 0.3) is 10.8 Å². The zero-order chi connectivity index (χ0) is 20.3. The van der Waals surface area contributed by atoms with Crippen LogP contribution in [0, 0.1) is 5.92 Å². The summed E-state index contributed by atoms with van der Waals surface area (Å²) in [6.45, 7) is 5.16. The van der Waals surface area contributed by atoms with E-state index in [0.717, 1.165) is 17.5 Å². The molecular formula is C20H27N5O2S. The van der Waals surface area contributed by atoms with E-state index >= 15 is 0 Å². The second-order valence-electron chi connectivity index (χ2n) is 6.96. The Balaban J connectivity index is 2.08. The van der Waals surface area contributed by atoms with Crippen molar-refractivity contribution in [3.05, 3.63) is 36.4 Å². The highest BCUT2D eigenvalue weighted by molar-refractivity contribution is 7.90. The number of guanidine groups is 1. The SMILES string of the molecule is CCN/C(=N\S(=O)(=O)c1cccc2c(N(C)C)cccc12)N1CC(CC)C=N1. The molecule has 0 amide bonds. The first-order valence-electron chi connectivity index (χ1n) is 9.47. The maximum Gasteiger partial charge on any atom is 0.286 e. The molecule has 0 aliphatic carbocycles. The van der Waals surface area contributed by atoms with Gasteiger partial charge in [0.1, 0.15) is 0 Å². The highest BCUT2D eigenvalue weighted by atomic mass is 32.2. The first-order valence-corrected chi connectivity index (χ1v) is 10.9. The normalized spacial score (nSPS) is 17.4. The van der Waals surface area contributed by atoms with Gasteiger partial charge < -0.3 is 10.2 Å². The lowest BCUT2D eigenvalue weighted by Gasteiger charge is -2.19. The van der Waals surface area contributed by atoms with Crippen molar-refractivity contribution in [2.45, 2.75) is 25.2 Å². The van der Waals surface area contributed by atoms with Gasteiger partial charge in [-0.15, -0.1) is 4.40 Å². The summed E-state index contributed by atoms with van der Waals surface area (Å²) >= 11 is 0. The molecule has 1 aliphatic heterocycles. The van der Waals surface area contributed by atoms with Gasteiger partial charge in [0, 0.05) is 49.2 Å². The standard InChI is InChI=1S/C20H27N5O2S/c1-5-15-13-22-25(14-15)20(21-6-2)23-28(26,27)19-12-8-9-16-17(19)10-7-11-18(16)24(3)4/h7-13,15H,5-6,14H2,1-4H3,(H,21,23). The van der Waals surface area contributed by atoms with Crippen molar-refractivity contribution in [2.75, 3.05) is 32.1 Å². The van der Waals surface area contributed by atoms with Crippen molar-refractivity contribution >= 4 is 38.7 Å². The maximum absolute atomic E-state index is 13.2. The zero-order valence-corrected chi connectivity index (χ0v) is 17.6. The highest BCUT2D eigenvalue weighted by Crippen LogP contribution is 2.31. The molecule has 28 heavy (non-hydrogen) atoms. The quantitative estimate of drug-likeness (QED) is 0.616. The van der Waals surface area contributed by atoms with E-state index < -0.39 is 10.0 Å². The van der Waals surface area contributed by atoms with E-state index in [1.165, 1.54) is 0 Å². The Morgan fingerprint density at radius 2 is 1.93 bits per heavy atom. The Morgan fingerprint density at radius 1 is 1.21 bits per heavy atom. The van der Waals surface area contributed by atoms with Gasteiger partial charge in [0.25, 0.3) is 10.0 Å². The second kappa shape index (κ2) is 8.18. The topological polar surface area (TPSA) is 77.4 Å². The molecule has 0 fully saturated rings. The van der Waals surface area contributed by atoms with Crippen molar-refractivity contribution in [3.63, 3.8) is 0 Å². The van der Waals surface area contributed by atoms with Gasteiger partial charge in [0.2, 0.25) is 5.96 Å². The fourth-order valence-corrected chi connectivity index (χ4v) is 4.43. The number of nitrogens with one attached hydrogen (secondary N) is 1. The van der Waals surface area contributed by atoms with Gasteiger partial charge in [-0.25, -0.2) is 5.01 Å². The second-order valence-corrected chi connectivity index (χ2v) is 8.53. The lowest BCUT2D eigenvalue weighted by molar-refractivity contribution is 0.426. The summed E-state index contributed by atoms with van der Waals surface area (Å²) in [6.07, 6.45) is 2.80. The average Bonchev–Trinajstić information content (AvgIpc) is 3.15. The van der Waals surface area contributed by atoms with Gasteiger partial charge in [0.05, 0.1) is 11.4 Å². The third-order valence-electron chi connectivity index (χ3n) is 4.75. The van der Waals surface area contributed by atoms with Crippen LogP contribution in [0.3, 0.4) is 0 Å². The van der Waals surface area contributed by atoms with Crippen LogP contribution in [0.1, 0.15) is 20.3 Å². The third kappa shape index (κ3) is 3.96. The molecule has 150 valence electrons. The molecule has 1 heterocycles. The van der Waals surface area contributed by atoms with Gasteiger partial charge in [0.15, 0.2) is 0 Å². The molecule has 1 unspecified atom stereocenters. The number of anilines is 1. The fraction of sp³-hybridized carbons (Fsp3) is 0.400. The van der Waals surface area contributed by atoms with Crippen molar-refractivity contribution in [3.8, 4) is 0 Å². The molecular weight excluding hydrogens is 374 g/mol. The minimum atomic E-state index is -3.92. The minimum Gasteiger partial charge on any atom is -0.377 e. The number of fused-ring (bicyclic) bond motifs is 1. The smallest absolute Gasteiger partial charge is 0.286 e. The molecule has 0 bridgehead atoms. The van der Waals surface area contributed by atoms with Gasteiger partial charge in [-0.1, -0.05) is 31.2 Å². The van der Waals surface area contributed by atoms with E-state index in [2.05, 4.69) is 21.7 Å². The van der Waals surface area contributed by atoms with Crippen LogP contribution < -0.4 is 10.2 Å². The number of nitrogens with zero attached hydrogens (tertiary/aromatic N) is 4. The molecule has 1 N–H and O–H groups in total. The molecule has 0 saturated heterocycles. The van der Waals surface area contributed by atoms with Crippen molar-refractivity contribution in [1.82, 2.24) is 10.3 Å². The van der Waals surface area contributed by atoms with Crippen LogP contribution >= 0.6 is 0 Å². The summed E-state index contributed by atoms with van der Waals surface area (Å²) in [4.78, 5) is 2.16. The van der Waals surface area contributed by atoms with Gasteiger partial charge in [-0.3, -0.25) is 0 Å². The summed E-state index contributed by atoms with van der Waals surface area (Å²) in [5, 5.41) is 10.5. The molecule has 7 nitrogen and oxygen atoms in total. The van der Waals surface area contributed by atoms with Crippen molar-refractivity contribution < 1.29 is 8.42 Å². The molecule has 0 aromatic heterocycles. The number of hydrogen-bond donors (Lipinski definition) is 1. The van der Waals surface area contributed by atoms with E-state index in [9.17, 15) is 8.42 Å². The van der Waals surface area contributed by atoms with E-state index in [1.54, 1.807) is 17.1 Å². The highest BCUT2D eigenvalue weighted by Gasteiger charge is 2.24. The number of benzene rings is 2. The molecule has 0 saturated carbocycles. The van der Waals surface area contributed by atoms with Crippen LogP contribution in [0.2, 0.25) is 0 Å². The summed E-state index contributed by atoms with van der Waals surface area (Å²) in [5.41, 5.74) is 0.959. The first kappa shape index (κ1) is 20.1. The lowest BCUT2D eigenvalue weighted by atomic mass is 10.1. The Bertz CT molecular complexity index is 1010. The summed E-state index contributed by atoms with van der Waals surface area (Å²) < 4.78 is 30.5. The lowest BCUT2D eigenvalue weighted by Crippen LogP contribution is -2.38. The molecule has 0 radical (unpaired) electrons.